The number of aliphatic hydroxyl groups is 2. The fourth-order valence-electron chi connectivity index (χ4n) is 11.8. The van der Waals surface area contributed by atoms with Gasteiger partial charge in [-0.1, -0.05) is 119 Å². The van der Waals surface area contributed by atoms with Crippen LogP contribution in [0.15, 0.2) is 128 Å². The number of hydrogen-bond acceptors (Lipinski definition) is 14. The predicted octanol–water partition coefficient (Wildman–Crippen LogP) is 6.00. The second kappa shape index (κ2) is 28.3. The van der Waals surface area contributed by atoms with E-state index in [1.54, 1.807) is 9.13 Å². The molecule has 2 unspecified atom stereocenters. The zero-order chi connectivity index (χ0) is 56.7. The molecule has 6 N–H and O–H groups in total. The lowest BCUT2D eigenvalue weighted by atomic mass is 10.1. The minimum Gasteiger partial charge on any atom is -0.399 e. The Morgan fingerprint density at radius 2 is 0.925 bits per heavy atom. The molecule has 0 fully saturated rings. The highest BCUT2D eigenvalue weighted by Gasteiger charge is 2.52. The Balaban J connectivity index is 1.43. The first-order valence-electron chi connectivity index (χ1n) is 29.3. The van der Waals surface area contributed by atoms with Crippen molar-refractivity contribution in [2.45, 2.75) is 130 Å². The Morgan fingerprint density at radius 1 is 0.475 bits per heavy atom. The van der Waals surface area contributed by atoms with Crippen LogP contribution >= 0.6 is 0 Å². The number of rotatable bonds is 31. The molecular formula is C62H86N12O6. The summed E-state index contributed by atoms with van der Waals surface area (Å²) in [4.78, 5) is 71.4. The van der Waals surface area contributed by atoms with Gasteiger partial charge in [-0.2, -0.15) is 0 Å². The minimum absolute atomic E-state index is 0.0381. The zero-order valence-electron chi connectivity index (χ0n) is 47.7. The number of aliphatic hydroxyl groups excluding tert-OH is 2. The van der Waals surface area contributed by atoms with E-state index >= 15 is 19.2 Å². The van der Waals surface area contributed by atoms with E-state index < -0.39 is 34.8 Å². The van der Waals surface area contributed by atoms with Crippen LogP contribution in [0.2, 0.25) is 0 Å². The third-order valence-corrected chi connectivity index (χ3v) is 15.9. The van der Waals surface area contributed by atoms with Crippen LogP contribution in [-0.4, -0.2) is 116 Å². The number of para-hydroxylation sites is 1. The number of aryl methyl sites for hydroxylation is 2. The molecule has 0 radical (unpaired) electrons. The van der Waals surface area contributed by atoms with Crippen molar-refractivity contribution in [2.24, 2.45) is 0 Å². The highest BCUT2D eigenvalue weighted by atomic mass is 16.3. The highest BCUT2D eigenvalue weighted by molar-refractivity contribution is 5.83. The molecule has 8 rings (SSSR count). The van der Waals surface area contributed by atoms with Crippen molar-refractivity contribution < 1.29 is 10.2 Å². The van der Waals surface area contributed by atoms with Gasteiger partial charge in [0.1, 0.15) is 23.7 Å². The van der Waals surface area contributed by atoms with Crippen LogP contribution in [0.1, 0.15) is 88.5 Å². The van der Waals surface area contributed by atoms with Crippen LogP contribution in [0.25, 0.3) is 0 Å². The summed E-state index contributed by atoms with van der Waals surface area (Å²) in [7, 11) is 0. The lowest BCUT2D eigenvalue weighted by Gasteiger charge is -2.44. The average molecular weight is 1100 g/mol. The molecule has 18 heteroatoms. The van der Waals surface area contributed by atoms with Crippen molar-refractivity contribution in [1.82, 2.24) is 28.1 Å². The van der Waals surface area contributed by atoms with Crippen LogP contribution in [0, 0.1) is 0 Å². The number of likely N-dealkylation sites (N-methyl/N-ethyl adjacent to an activating group) is 2. The van der Waals surface area contributed by atoms with Crippen LogP contribution in [0.3, 0.4) is 0 Å². The van der Waals surface area contributed by atoms with Gasteiger partial charge in [-0.05, 0) is 105 Å². The van der Waals surface area contributed by atoms with E-state index in [1.165, 1.54) is 9.13 Å². The molecule has 80 heavy (non-hydrogen) atoms. The molecule has 0 aliphatic carbocycles. The third-order valence-electron chi connectivity index (χ3n) is 15.9. The molecule has 6 aromatic rings. The van der Waals surface area contributed by atoms with E-state index in [0.29, 0.717) is 138 Å². The number of unbranched alkanes of at least 4 members (excludes halogenated alkanes) is 2. The van der Waals surface area contributed by atoms with Crippen molar-refractivity contribution in [3.8, 4) is 0 Å². The van der Waals surface area contributed by atoms with E-state index in [-0.39, 0.29) is 39.4 Å². The summed E-state index contributed by atoms with van der Waals surface area (Å²) in [6.07, 6.45) is 4.55. The molecule has 4 aromatic carbocycles. The Labute approximate surface area is 471 Å². The topological polar surface area (TPSA) is 200 Å². The Kier molecular flexibility index (Phi) is 20.9. The first kappa shape index (κ1) is 59.0. The number of aromatic nitrogens is 4. The predicted molar refractivity (Wildman–Crippen MR) is 324 cm³/mol. The fraction of sp³-hybridized carbons (Fsp3) is 0.484. The fourth-order valence-corrected chi connectivity index (χ4v) is 11.8. The average Bonchev–Trinajstić information content (AvgIpc) is 4.03. The lowest BCUT2D eigenvalue weighted by Crippen LogP contribution is -2.61. The van der Waals surface area contributed by atoms with Gasteiger partial charge in [-0.25, -0.2) is 19.6 Å². The van der Waals surface area contributed by atoms with Gasteiger partial charge in [-0.15, -0.1) is 0 Å². The molecule has 2 aromatic heterocycles. The molecule has 2 aliphatic heterocycles. The molecule has 4 heterocycles. The molecule has 0 amide bonds. The zero-order valence-corrected chi connectivity index (χ0v) is 47.7. The standard InChI is InChI=1S/C62H86N12O6/c1-5-32-71-59(77)55-57(69(61(71)79)34-19-17-26-47-27-21-30-51(63)44-47)73(53(45-48-22-11-9-12-23-48)67(55)38-36-65(7-3)40-42-75)74-54(46-49-24-13-10-14-25-49)68(39-37-66(8-4)41-43-76)56-58(74)70(62(80)72(33-6-2)60(56)78)35-20-18-29-50-28-15-16-31-52(50)64/h9-16,21-25,27-28,30-31,44,53-54,75-76H,5-8,17-20,26,29,32-43,45-46,63-64H2,1-4H3. The van der Waals surface area contributed by atoms with Gasteiger partial charge in [-0.3, -0.25) is 37.7 Å². The SMILES string of the molecule is CCCn1c(=O)c2c(n(CCCCc3cccc(N)c3)c1=O)N(N1c3c(c(=O)n(CCC)c(=O)n3CCCCc3ccccc3N)N(CCN(CC)CCO)C1Cc1ccccc1)C(Cc1ccccc1)N2CCN(CC)CCO. The van der Waals surface area contributed by atoms with Crippen molar-refractivity contribution in [2.75, 3.05) is 96.9 Å². The van der Waals surface area contributed by atoms with Crippen molar-refractivity contribution >= 4 is 34.4 Å². The third kappa shape index (κ3) is 13.2. The summed E-state index contributed by atoms with van der Waals surface area (Å²) in [5.74, 6) is 0.831. The van der Waals surface area contributed by atoms with Gasteiger partial charge in [0.25, 0.3) is 11.1 Å². The number of benzene rings is 4. The number of fused-ring (bicyclic) bond motifs is 2. The molecule has 2 aliphatic rings. The maximum absolute atomic E-state index is 15.8. The molecule has 2 atom stereocenters. The maximum atomic E-state index is 15.8. The van der Waals surface area contributed by atoms with Crippen LogP contribution in [0.5, 0.6) is 0 Å². The number of nitrogens with zero attached hydrogens (tertiary/aromatic N) is 10. The summed E-state index contributed by atoms with van der Waals surface area (Å²) in [5.41, 5.74) is 17.3. The first-order chi connectivity index (χ1) is 39.0. The number of hydrazine groups is 1. The van der Waals surface area contributed by atoms with E-state index in [0.717, 1.165) is 35.1 Å². The summed E-state index contributed by atoms with van der Waals surface area (Å²) in [5, 5.41) is 24.8. The van der Waals surface area contributed by atoms with E-state index in [9.17, 15) is 10.2 Å². The summed E-state index contributed by atoms with van der Waals surface area (Å²) in [6.45, 7) is 12.8. The number of nitrogen functional groups attached to an aromatic ring is 2. The van der Waals surface area contributed by atoms with Gasteiger partial charge >= 0.3 is 11.4 Å². The summed E-state index contributed by atoms with van der Waals surface area (Å²) >= 11 is 0. The molecule has 18 nitrogen and oxygen atoms in total. The molecule has 0 spiro atoms. The normalized spacial score (nSPS) is 15.0. The first-order valence-corrected chi connectivity index (χ1v) is 29.3. The highest BCUT2D eigenvalue weighted by Crippen LogP contribution is 2.47. The number of nitrogens with two attached hydrogens (primary N) is 2. The maximum Gasteiger partial charge on any atom is 0.332 e. The van der Waals surface area contributed by atoms with Gasteiger partial charge in [0.05, 0.1) is 13.2 Å². The summed E-state index contributed by atoms with van der Waals surface area (Å²) < 4.78 is 6.37. The molecule has 0 saturated carbocycles. The molecule has 0 saturated heterocycles. The van der Waals surface area contributed by atoms with Gasteiger partial charge in [0.2, 0.25) is 0 Å². The second-order valence-corrected chi connectivity index (χ2v) is 21.2. The number of anilines is 6. The van der Waals surface area contributed by atoms with E-state index in [2.05, 4.69) is 73.8 Å². The Morgan fingerprint density at radius 3 is 1.36 bits per heavy atom. The van der Waals surface area contributed by atoms with Crippen molar-refractivity contribution in [3.63, 3.8) is 0 Å². The Bertz CT molecular complexity index is 3200. The quantitative estimate of drug-likeness (QED) is 0.0292. The lowest BCUT2D eigenvalue weighted by molar-refractivity contribution is 0.203. The van der Waals surface area contributed by atoms with Crippen LogP contribution < -0.4 is 53.8 Å². The van der Waals surface area contributed by atoms with Crippen LogP contribution in [-0.2, 0) is 51.9 Å². The Hall–Kier alpha value is -7.12. The largest absolute Gasteiger partial charge is 0.399 e. The minimum atomic E-state index is -0.669. The summed E-state index contributed by atoms with van der Waals surface area (Å²) in [6, 6.07) is 36.0. The monoisotopic (exact) mass is 1090 g/mol. The number of hydrogen-bond donors (Lipinski definition) is 4. The molecule has 0 bridgehead atoms. The second-order valence-electron chi connectivity index (χ2n) is 21.2. The molecular weight excluding hydrogens is 1010 g/mol. The van der Waals surface area contributed by atoms with Crippen molar-refractivity contribution in [1.29, 1.82) is 0 Å². The van der Waals surface area contributed by atoms with Gasteiger partial charge in [0, 0.05) is 89.7 Å². The van der Waals surface area contributed by atoms with Gasteiger partial charge < -0.3 is 31.5 Å². The smallest absolute Gasteiger partial charge is 0.332 e. The van der Waals surface area contributed by atoms with E-state index in [4.69, 9.17) is 11.5 Å². The van der Waals surface area contributed by atoms with Crippen LogP contribution in [0.4, 0.5) is 34.4 Å². The van der Waals surface area contributed by atoms with E-state index in [1.807, 2.05) is 92.7 Å². The van der Waals surface area contributed by atoms with Gasteiger partial charge in [0.15, 0.2) is 11.6 Å². The molecule has 430 valence electrons. The van der Waals surface area contributed by atoms with Crippen molar-refractivity contribution in [3.05, 3.63) is 173 Å².